The van der Waals surface area contributed by atoms with E-state index in [2.05, 4.69) is 41.8 Å². The van der Waals surface area contributed by atoms with Crippen LogP contribution in [0, 0.1) is 6.92 Å². The van der Waals surface area contributed by atoms with E-state index in [0.29, 0.717) is 28.5 Å². The van der Waals surface area contributed by atoms with E-state index in [9.17, 15) is 0 Å². The Bertz CT molecular complexity index is 3310. The Morgan fingerprint density at radius 1 is 0.364 bits per heavy atom. The van der Waals surface area contributed by atoms with E-state index in [-0.39, 0.29) is 22.8 Å². The number of aryl methyl sites for hydroxylation is 1. The molecule has 3 aromatic heterocycles. The van der Waals surface area contributed by atoms with E-state index in [4.69, 9.17) is 19.9 Å². The number of rotatable bonds is 8. The summed E-state index contributed by atoms with van der Waals surface area (Å²) in [4.78, 5) is 20.6. The molecule has 0 spiro atoms. The fourth-order valence-corrected chi connectivity index (χ4v) is 8.82. The van der Waals surface area contributed by atoms with Crippen molar-refractivity contribution in [3.8, 4) is 84.6 Å². The Morgan fingerprint density at radius 2 is 0.773 bits per heavy atom. The molecule has 0 radical (unpaired) electrons. The maximum atomic E-state index is 15.7. The van der Waals surface area contributed by atoms with Gasteiger partial charge in [0, 0.05) is 44.2 Å². The summed E-state index contributed by atoms with van der Waals surface area (Å²) in [5.74, 6) is 0.224. The van der Waals surface area contributed by atoms with Crippen molar-refractivity contribution in [1.29, 1.82) is 0 Å². The fourth-order valence-electron chi connectivity index (χ4n) is 8.82. The summed E-state index contributed by atoms with van der Waals surface area (Å²) in [7, 11) is 0. The third-order valence-corrected chi connectivity index (χ3v) is 12.0. The predicted octanol–water partition coefficient (Wildman–Crippen LogP) is 15.4. The number of fused-ring (bicyclic) bond motifs is 3. The van der Waals surface area contributed by atoms with Gasteiger partial charge in [-0.1, -0.05) is 176 Å². The van der Waals surface area contributed by atoms with Crippen molar-refractivity contribution in [3.05, 3.63) is 223 Å². The van der Waals surface area contributed by atoms with Crippen LogP contribution in [-0.4, -0.2) is 24.5 Å². The molecule has 0 fully saturated rings. The molecular weight excluding hydrogens is 824 g/mol. The lowest BCUT2D eigenvalue weighted by molar-refractivity contribution is -0.137. The average molecular weight is 862 g/mol. The first kappa shape index (κ1) is 40.3. The summed E-state index contributed by atoms with van der Waals surface area (Å²) in [6.45, 7) is 2.07. The normalized spacial score (nSPS) is 11.6. The van der Waals surface area contributed by atoms with E-state index < -0.39 is 11.7 Å². The predicted molar refractivity (Wildman–Crippen MR) is 260 cm³/mol. The Balaban J connectivity index is 1.32. The third kappa shape index (κ3) is 7.48. The topological polar surface area (TPSA) is 56.5 Å². The summed E-state index contributed by atoms with van der Waals surface area (Å²) >= 11 is 0. The van der Waals surface area contributed by atoms with Crippen LogP contribution in [0.1, 0.15) is 11.1 Å². The van der Waals surface area contributed by atoms with Gasteiger partial charge in [0.2, 0.25) is 0 Å². The molecule has 8 aromatic carbocycles. The number of para-hydroxylation sites is 1. The zero-order valence-electron chi connectivity index (χ0n) is 35.6. The van der Waals surface area contributed by atoms with Gasteiger partial charge in [-0.05, 0) is 60.0 Å². The van der Waals surface area contributed by atoms with Crippen LogP contribution in [0.2, 0.25) is 0 Å². The largest absolute Gasteiger partial charge is 0.416 e. The smallest absolute Gasteiger partial charge is 0.308 e. The molecule has 11 aromatic rings. The molecule has 0 aliphatic heterocycles. The average Bonchev–Trinajstić information content (AvgIpc) is 3.70. The van der Waals surface area contributed by atoms with Crippen LogP contribution in [0.3, 0.4) is 0 Å². The number of nitrogens with zero attached hydrogens (tertiary/aromatic N) is 5. The quantitative estimate of drug-likeness (QED) is 0.153. The molecule has 0 saturated carbocycles. The molecular formula is C58H38F3N5. The number of benzene rings is 8. The molecule has 0 aliphatic carbocycles. The molecule has 0 bridgehead atoms. The van der Waals surface area contributed by atoms with Crippen LogP contribution in [0.15, 0.2) is 212 Å². The molecule has 0 N–H and O–H groups in total. The summed E-state index contributed by atoms with van der Waals surface area (Å²) in [6.07, 6.45) is -4.78. The van der Waals surface area contributed by atoms with E-state index in [1.54, 1.807) is 0 Å². The van der Waals surface area contributed by atoms with Gasteiger partial charge < -0.3 is 4.57 Å². The van der Waals surface area contributed by atoms with Gasteiger partial charge in [0.05, 0.1) is 45.1 Å². The van der Waals surface area contributed by atoms with Gasteiger partial charge in [-0.15, -0.1) is 0 Å². The van der Waals surface area contributed by atoms with Crippen LogP contribution >= 0.6 is 0 Å². The van der Waals surface area contributed by atoms with Crippen molar-refractivity contribution in [2.24, 2.45) is 0 Å². The Labute approximate surface area is 379 Å². The number of alkyl halides is 3. The monoisotopic (exact) mass is 861 g/mol. The maximum absolute atomic E-state index is 15.7. The minimum atomic E-state index is -4.78. The Morgan fingerprint density at radius 3 is 1.23 bits per heavy atom. The first-order valence-electron chi connectivity index (χ1n) is 21.6. The second-order valence-electron chi connectivity index (χ2n) is 16.2. The summed E-state index contributed by atoms with van der Waals surface area (Å²) in [5.41, 5.74) is 9.89. The molecule has 0 unspecified atom stereocenters. The van der Waals surface area contributed by atoms with Gasteiger partial charge in [-0.3, -0.25) is 0 Å². The highest BCUT2D eigenvalue weighted by molar-refractivity contribution is 6.11. The fraction of sp³-hybridized carbons (Fsp3) is 0.0345. The van der Waals surface area contributed by atoms with Gasteiger partial charge in [0.1, 0.15) is 0 Å². The summed E-state index contributed by atoms with van der Waals surface area (Å²) < 4.78 is 49.2. The van der Waals surface area contributed by atoms with Crippen molar-refractivity contribution in [1.82, 2.24) is 24.5 Å². The molecule has 0 saturated heterocycles. The van der Waals surface area contributed by atoms with Crippen molar-refractivity contribution >= 4 is 21.8 Å². The molecule has 316 valence electrons. The third-order valence-electron chi connectivity index (χ3n) is 12.0. The van der Waals surface area contributed by atoms with Gasteiger partial charge in [0.25, 0.3) is 0 Å². The van der Waals surface area contributed by atoms with Gasteiger partial charge >= 0.3 is 6.18 Å². The van der Waals surface area contributed by atoms with Gasteiger partial charge in [0.15, 0.2) is 11.6 Å². The van der Waals surface area contributed by atoms with E-state index in [1.165, 1.54) is 12.1 Å². The minimum Gasteiger partial charge on any atom is -0.308 e. The lowest BCUT2D eigenvalue weighted by Gasteiger charge is -2.21. The highest BCUT2D eigenvalue weighted by atomic mass is 19.4. The molecule has 8 heteroatoms. The molecule has 0 aliphatic rings. The second kappa shape index (κ2) is 16.6. The minimum absolute atomic E-state index is 0.112. The van der Waals surface area contributed by atoms with Crippen LogP contribution in [0.4, 0.5) is 13.2 Å². The van der Waals surface area contributed by atoms with Crippen LogP contribution < -0.4 is 0 Å². The number of halogens is 3. The Kier molecular flexibility index (Phi) is 10.1. The number of hydrogen-bond donors (Lipinski definition) is 0. The molecule has 3 heterocycles. The van der Waals surface area contributed by atoms with E-state index in [0.717, 1.165) is 60.8 Å². The lowest BCUT2D eigenvalue weighted by Crippen LogP contribution is -2.11. The maximum Gasteiger partial charge on any atom is 0.416 e. The van der Waals surface area contributed by atoms with Crippen molar-refractivity contribution in [2.45, 2.75) is 13.1 Å². The highest BCUT2D eigenvalue weighted by Crippen LogP contribution is 2.45. The summed E-state index contributed by atoms with van der Waals surface area (Å²) in [6, 6.07) is 67.1. The highest BCUT2D eigenvalue weighted by Gasteiger charge is 2.35. The Hall–Kier alpha value is -8.49. The van der Waals surface area contributed by atoms with Crippen LogP contribution in [0.5, 0.6) is 0 Å². The van der Waals surface area contributed by atoms with Crippen LogP contribution in [-0.2, 0) is 6.18 Å². The molecule has 0 amide bonds. The summed E-state index contributed by atoms with van der Waals surface area (Å²) in [5, 5.41) is 1.85. The number of hydrogen-bond acceptors (Lipinski definition) is 4. The van der Waals surface area contributed by atoms with Crippen molar-refractivity contribution in [2.75, 3.05) is 0 Å². The zero-order chi connectivity index (χ0) is 44.8. The molecule has 5 nitrogen and oxygen atoms in total. The van der Waals surface area contributed by atoms with Crippen molar-refractivity contribution < 1.29 is 13.2 Å². The first-order valence-corrected chi connectivity index (χ1v) is 21.6. The molecule has 11 rings (SSSR count). The van der Waals surface area contributed by atoms with Crippen LogP contribution in [0.25, 0.3) is 106 Å². The van der Waals surface area contributed by atoms with E-state index in [1.807, 2.05) is 170 Å². The second-order valence-corrected chi connectivity index (χ2v) is 16.2. The molecule has 66 heavy (non-hydrogen) atoms. The zero-order valence-corrected chi connectivity index (χ0v) is 35.6. The lowest BCUT2D eigenvalue weighted by atomic mass is 9.97. The first-order chi connectivity index (χ1) is 32.3. The molecule has 0 atom stereocenters. The van der Waals surface area contributed by atoms with Gasteiger partial charge in [-0.2, -0.15) is 13.2 Å². The number of aromatic nitrogens is 5. The standard InChI is InChI=1S/C58H38F3N5/c1-37-18-14-15-27-44(37)42-30-31-46-45-28-16-17-29-53(45)66(54(46)32-42)55-47(56-62-49(38-19-6-2-7-20-38)35-50(63-56)39-21-8-3-9-22-39)33-43(58(59,60)61)34-48(55)57-64-51(40-23-10-4-11-24-40)36-52(65-57)41-25-12-5-13-26-41/h2-36H,1H3. The van der Waals surface area contributed by atoms with Crippen molar-refractivity contribution in [3.63, 3.8) is 0 Å². The van der Waals surface area contributed by atoms with Gasteiger partial charge in [-0.25, -0.2) is 19.9 Å². The van der Waals surface area contributed by atoms with E-state index >= 15 is 13.2 Å². The SMILES string of the molecule is Cc1ccccc1-c1ccc2c3ccccc3n(-c3c(-c4nc(-c5ccccc5)cc(-c5ccccc5)n4)cc(C(F)(F)F)cc3-c3nc(-c4ccccc4)cc(-c4ccccc4)n3)c2c1.